The summed E-state index contributed by atoms with van der Waals surface area (Å²) in [5.74, 6) is 2.12. The average molecular weight is 410 g/mol. The molecule has 0 spiro atoms. The molecule has 6 heteroatoms. The molecule has 6 nitrogen and oxygen atoms in total. The van der Waals surface area contributed by atoms with Gasteiger partial charge in [0.2, 0.25) is 5.91 Å². The van der Waals surface area contributed by atoms with Crippen LogP contribution in [-0.4, -0.2) is 36.7 Å². The van der Waals surface area contributed by atoms with Crippen molar-refractivity contribution in [3.05, 3.63) is 23.1 Å². The Labute approximate surface area is 179 Å². The minimum absolute atomic E-state index is 0.183. The number of aromatic nitrogens is 4. The first-order chi connectivity index (χ1) is 14.5. The van der Waals surface area contributed by atoms with Gasteiger partial charge in [-0.15, -0.1) is 0 Å². The highest BCUT2D eigenvalue weighted by Crippen LogP contribution is 2.40. The van der Waals surface area contributed by atoms with Crippen LogP contribution in [0, 0.1) is 18.3 Å². The molecule has 2 aromatic rings. The SMILES string of the molecule is CCn1nc(-c2ncc(C)n2CC2CC2)c2c1CCN(C(=O)C1(C)CCCCC1)C2. The van der Waals surface area contributed by atoms with Crippen LogP contribution in [0.15, 0.2) is 6.20 Å². The highest BCUT2D eigenvalue weighted by Gasteiger charge is 2.40. The van der Waals surface area contributed by atoms with E-state index in [4.69, 9.17) is 10.1 Å². The lowest BCUT2D eigenvalue weighted by molar-refractivity contribution is -0.144. The number of imidazole rings is 1. The van der Waals surface area contributed by atoms with Gasteiger partial charge >= 0.3 is 0 Å². The van der Waals surface area contributed by atoms with E-state index in [9.17, 15) is 4.79 Å². The van der Waals surface area contributed by atoms with E-state index in [1.165, 1.54) is 49.1 Å². The molecule has 3 aliphatic rings. The Kier molecular flexibility index (Phi) is 4.98. The van der Waals surface area contributed by atoms with Crippen LogP contribution in [0.25, 0.3) is 11.5 Å². The van der Waals surface area contributed by atoms with Crippen molar-refractivity contribution in [2.75, 3.05) is 6.54 Å². The van der Waals surface area contributed by atoms with E-state index in [1.54, 1.807) is 0 Å². The molecule has 0 N–H and O–H groups in total. The molecular weight excluding hydrogens is 374 g/mol. The third-order valence-corrected chi connectivity index (χ3v) is 7.60. The molecule has 2 aromatic heterocycles. The summed E-state index contributed by atoms with van der Waals surface area (Å²) in [7, 11) is 0. The Morgan fingerprint density at radius 3 is 2.70 bits per heavy atom. The molecule has 2 aliphatic carbocycles. The van der Waals surface area contributed by atoms with E-state index in [1.807, 2.05) is 6.20 Å². The summed E-state index contributed by atoms with van der Waals surface area (Å²) in [6.45, 7) is 9.86. The molecular formula is C24H35N5O. The molecule has 0 saturated heterocycles. The maximum Gasteiger partial charge on any atom is 0.228 e. The molecule has 3 heterocycles. The zero-order valence-electron chi connectivity index (χ0n) is 18.8. The molecule has 1 amide bonds. The summed E-state index contributed by atoms with van der Waals surface area (Å²) in [6, 6.07) is 0. The third kappa shape index (κ3) is 3.38. The largest absolute Gasteiger partial charge is 0.337 e. The van der Waals surface area contributed by atoms with E-state index in [0.29, 0.717) is 12.5 Å². The van der Waals surface area contributed by atoms with Gasteiger partial charge in [-0.25, -0.2) is 4.98 Å². The number of nitrogens with zero attached hydrogens (tertiary/aromatic N) is 5. The van der Waals surface area contributed by atoms with Gasteiger partial charge in [0.05, 0.1) is 0 Å². The summed E-state index contributed by atoms with van der Waals surface area (Å²) in [4.78, 5) is 20.4. The molecule has 5 rings (SSSR count). The Bertz CT molecular complexity index is 945. The number of carbonyl (C=O) groups excluding carboxylic acids is 1. The Balaban J connectivity index is 1.48. The second kappa shape index (κ2) is 7.54. The van der Waals surface area contributed by atoms with Gasteiger partial charge < -0.3 is 9.47 Å². The van der Waals surface area contributed by atoms with Crippen LogP contribution in [-0.2, 0) is 30.8 Å². The molecule has 2 saturated carbocycles. The number of rotatable bonds is 5. The van der Waals surface area contributed by atoms with E-state index in [2.05, 4.69) is 34.9 Å². The smallest absolute Gasteiger partial charge is 0.228 e. The Morgan fingerprint density at radius 2 is 2.00 bits per heavy atom. The fourth-order valence-electron chi connectivity index (χ4n) is 5.47. The van der Waals surface area contributed by atoms with Gasteiger partial charge in [0, 0.05) is 61.2 Å². The number of hydrogen-bond acceptors (Lipinski definition) is 3. The lowest BCUT2D eigenvalue weighted by atomic mass is 9.74. The number of carbonyl (C=O) groups is 1. The molecule has 30 heavy (non-hydrogen) atoms. The van der Waals surface area contributed by atoms with Gasteiger partial charge in [0.1, 0.15) is 5.69 Å². The van der Waals surface area contributed by atoms with Gasteiger partial charge in [0.25, 0.3) is 0 Å². The second-order valence-electron chi connectivity index (χ2n) is 9.96. The van der Waals surface area contributed by atoms with Crippen LogP contribution in [0.3, 0.4) is 0 Å². The lowest BCUT2D eigenvalue weighted by Gasteiger charge is -2.38. The average Bonchev–Trinajstić information content (AvgIpc) is 3.41. The Hall–Kier alpha value is -2.11. The van der Waals surface area contributed by atoms with E-state index in [-0.39, 0.29) is 5.41 Å². The highest BCUT2D eigenvalue weighted by molar-refractivity contribution is 5.83. The second-order valence-corrected chi connectivity index (χ2v) is 9.96. The first-order valence-corrected chi connectivity index (χ1v) is 11.9. The summed E-state index contributed by atoms with van der Waals surface area (Å²) in [6.07, 6.45) is 11.2. The van der Waals surface area contributed by atoms with Crippen molar-refractivity contribution in [2.45, 2.75) is 91.8 Å². The monoisotopic (exact) mass is 409 g/mol. The predicted molar refractivity (Wildman–Crippen MR) is 117 cm³/mol. The van der Waals surface area contributed by atoms with Crippen LogP contribution >= 0.6 is 0 Å². The van der Waals surface area contributed by atoms with Crippen molar-refractivity contribution in [3.8, 4) is 11.5 Å². The third-order valence-electron chi connectivity index (χ3n) is 7.60. The molecule has 0 radical (unpaired) electrons. The minimum Gasteiger partial charge on any atom is -0.337 e. The van der Waals surface area contributed by atoms with Crippen molar-refractivity contribution in [3.63, 3.8) is 0 Å². The van der Waals surface area contributed by atoms with Gasteiger partial charge in [-0.2, -0.15) is 5.10 Å². The van der Waals surface area contributed by atoms with Gasteiger partial charge in [0.15, 0.2) is 5.82 Å². The summed E-state index contributed by atoms with van der Waals surface area (Å²) < 4.78 is 4.49. The Morgan fingerprint density at radius 1 is 1.23 bits per heavy atom. The number of aryl methyl sites for hydroxylation is 2. The molecule has 2 fully saturated rings. The zero-order chi connectivity index (χ0) is 20.9. The molecule has 0 aromatic carbocycles. The predicted octanol–water partition coefficient (Wildman–Crippen LogP) is 4.34. The first-order valence-electron chi connectivity index (χ1n) is 11.9. The highest BCUT2D eigenvalue weighted by atomic mass is 16.2. The van der Waals surface area contributed by atoms with E-state index in [0.717, 1.165) is 56.3 Å². The van der Waals surface area contributed by atoms with Crippen molar-refractivity contribution < 1.29 is 4.79 Å². The van der Waals surface area contributed by atoms with Gasteiger partial charge in [-0.1, -0.05) is 26.2 Å². The number of fused-ring (bicyclic) bond motifs is 1. The van der Waals surface area contributed by atoms with E-state index >= 15 is 0 Å². The standard InChI is InChI=1S/C24H35N5O/c1-4-29-20-10-13-27(23(30)24(3)11-6-5-7-12-24)16-19(20)21(26-29)22-25-14-17(2)28(22)15-18-8-9-18/h14,18H,4-13,15-16H2,1-3H3. The van der Waals surface area contributed by atoms with Gasteiger partial charge in [-0.3, -0.25) is 9.48 Å². The number of amides is 1. The maximum absolute atomic E-state index is 13.5. The first kappa shape index (κ1) is 19.8. The summed E-state index contributed by atoms with van der Waals surface area (Å²) >= 11 is 0. The normalized spacial score (nSPS) is 21.0. The van der Waals surface area contributed by atoms with Crippen LogP contribution in [0.5, 0.6) is 0 Å². The van der Waals surface area contributed by atoms with Crippen LogP contribution < -0.4 is 0 Å². The van der Waals surface area contributed by atoms with Crippen LogP contribution in [0.4, 0.5) is 0 Å². The van der Waals surface area contributed by atoms with Crippen LogP contribution in [0.1, 0.15) is 75.7 Å². The quantitative estimate of drug-likeness (QED) is 0.738. The molecule has 1 aliphatic heterocycles. The molecule has 162 valence electrons. The number of hydrogen-bond donors (Lipinski definition) is 0. The summed E-state index contributed by atoms with van der Waals surface area (Å²) in [5, 5.41) is 5.00. The lowest BCUT2D eigenvalue weighted by Crippen LogP contribution is -2.45. The molecule has 0 atom stereocenters. The molecule has 0 bridgehead atoms. The van der Waals surface area contributed by atoms with E-state index < -0.39 is 0 Å². The molecule has 0 unspecified atom stereocenters. The van der Waals surface area contributed by atoms with Crippen molar-refractivity contribution in [1.82, 2.24) is 24.2 Å². The topological polar surface area (TPSA) is 56.0 Å². The fraction of sp³-hybridized carbons (Fsp3) is 0.708. The van der Waals surface area contributed by atoms with Crippen molar-refractivity contribution in [2.24, 2.45) is 11.3 Å². The maximum atomic E-state index is 13.5. The zero-order valence-corrected chi connectivity index (χ0v) is 18.8. The van der Waals surface area contributed by atoms with Gasteiger partial charge in [-0.05, 0) is 45.4 Å². The van der Waals surface area contributed by atoms with Crippen LogP contribution in [0.2, 0.25) is 0 Å². The fourth-order valence-corrected chi connectivity index (χ4v) is 5.47. The summed E-state index contributed by atoms with van der Waals surface area (Å²) in [5.41, 5.74) is 4.53. The van der Waals surface area contributed by atoms with Crippen molar-refractivity contribution in [1.29, 1.82) is 0 Å². The minimum atomic E-state index is -0.183. The van der Waals surface area contributed by atoms with Crippen molar-refractivity contribution >= 4 is 5.91 Å².